The predicted molar refractivity (Wildman–Crippen MR) is 50.3 cm³/mol. The molecule has 1 nitrogen and oxygen atoms in total. The number of aromatic nitrogens is 1. The largest absolute Gasteiger partial charge is 0.257 e. The molecule has 0 N–H and O–H groups in total. The molecule has 1 aromatic rings. The maximum atomic E-state index is 4.08. The summed E-state index contributed by atoms with van der Waals surface area (Å²) in [5, 5.41) is 0. The van der Waals surface area contributed by atoms with E-state index in [1.54, 1.807) is 6.20 Å². The first-order valence-electron chi connectivity index (χ1n) is 3.97. The zero-order valence-electron chi connectivity index (χ0n) is 7.41. The van der Waals surface area contributed by atoms with Gasteiger partial charge >= 0.3 is 0 Å². The van der Waals surface area contributed by atoms with Gasteiger partial charge in [-0.1, -0.05) is 26.0 Å². The summed E-state index contributed by atoms with van der Waals surface area (Å²) >= 11 is 0. The molecule has 1 rings (SSSR count). The van der Waals surface area contributed by atoms with Crippen LogP contribution in [0.15, 0.2) is 30.5 Å². The molecule has 11 heavy (non-hydrogen) atoms. The van der Waals surface area contributed by atoms with Crippen LogP contribution in [0.25, 0.3) is 6.08 Å². The van der Waals surface area contributed by atoms with Crippen LogP contribution in [0.1, 0.15) is 26.5 Å². The minimum Gasteiger partial charge on any atom is -0.257 e. The van der Waals surface area contributed by atoms with Crippen LogP contribution in [0.3, 0.4) is 0 Å². The first-order chi connectivity index (χ1) is 5.43. The zero-order chi connectivity index (χ0) is 8.53. The second-order valence-corrected chi connectivity index (χ2v) is 1.75. The van der Waals surface area contributed by atoms with Gasteiger partial charge in [-0.3, -0.25) is 4.98 Å². The summed E-state index contributed by atoms with van der Waals surface area (Å²) in [7, 11) is 0. The van der Waals surface area contributed by atoms with E-state index in [-0.39, 0.29) is 0 Å². The summed E-state index contributed by atoms with van der Waals surface area (Å²) in [5.41, 5.74) is 1.01. The number of hydrogen-bond donors (Lipinski definition) is 0. The number of hydrogen-bond acceptors (Lipinski definition) is 1. The van der Waals surface area contributed by atoms with Gasteiger partial charge in [-0.2, -0.15) is 0 Å². The summed E-state index contributed by atoms with van der Waals surface area (Å²) in [4.78, 5) is 4.08. The Morgan fingerprint density at radius 2 is 2.00 bits per heavy atom. The molecule has 0 aliphatic carbocycles. The molecule has 1 heteroatoms. The normalized spacial score (nSPS) is 9.00. The predicted octanol–water partition coefficient (Wildman–Crippen LogP) is 3.14. The molecule has 1 heterocycles. The molecule has 0 fully saturated rings. The molecule has 0 unspecified atom stereocenters. The summed E-state index contributed by atoms with van der Waals surface area (Å²) in [5.74, 6) is 0. The first kappa shape index (κ1) is 9.89. The molecule has 0 amide bonds. The van der Waals surface area contributed by atoms with Crippen LogP contribution in [-0.4, -0.2) is 4.98 Å². The molecule has 1 aromatic heterocycles. The van der Waals surface area contributed by atoms with Crippen molar-refractivity contribution in [2.24, 2.45) is 0 Å². The molecule has 0 aromatic carbocycles. The lowest BCUT2D eigenvalue weighted by Crippen LogP contribution is -1.74. The second-order valence-electron chi connectivity index (χ2n) is 1.75. The highest BCUT2D eigenvalue weighted by Gasteiger charge is 1.79. The Kier molecular flexibility index (Phi) is 6.30. The molecule has 0 saturated carbocycles. The van der Waals surface area contributed by atoms with Gasteiger partial charge in [0.05, 0.1) is 5.69 Å². The van der Waals surface area contributed by atoms with Crippen molar-refractivity contribution in [1.29, 1.82) is 0 Å². The lowest BCUT2D eigenvalue weighted by Gasteiger charge is -1.86. The SMILES string of the molecule is C/C=C/c1ccccn1.CC. The average Bonchev–Trinajstić information content (AvgIpc) is 2.11. The van der Waals surface area contributed by atoms with Crippen molar-refractivity contribution in [1.82, 2.24) is 4.98 Å². The van der Waals surface area contributed by atoms with E-state index in [0.29, 0.717) is 0 Å². The Hall–Kier alpha value is -1.11. The van der Waals surface area contributed by atoms with Crippen molar-refractivity contribution in [3.05, 3.63) is 36.2 Å². The molecule has 0 saturated heterocycles. The Bertz CT molecular complexity index is 189. The van der Waals surface area contributed by atoms with Gasteiger partial charge in [0.2, 0.25) is 0 Å². The van der Waals surface area contributed by atoms with Gasteiger partial charge in [-0.15, -0.1) is 0 Å². The van der Waals surface area contributed by atoms with E-state index in [2.05, 4.69) is 4.98 Å². The van der Waals surface area contributed by atoms with Crippen molar-refractivity contribution >= 4 is 6.08 Å². The third-order valence-corrected chi connectivity index (χ3v) is 1.03. The minimum atomic E-state index is 1.01. The molecule has 0 aliphatic rings. The fourth-order valence-corrected chi connectivity index (χ4v) is 0.645. The van der Waals surface area contributed by atoms with Crippen molar-refractivity contribution in [3.8, 4) is 0 Å². The Balaban J connectivity index is 0.000000461. The van der Waals surface area contributed by atoms with Gasteiger partial charge < -0.3 is 0 Å². The third kappa shape index (κ3) is 4.31. The number of pyridine rings is 1. The lowest BCUT2D eigenvalue weighted by molar-refractivity contribution is 1.29. The fourth-order valence-electron chi connectivity index (χ4n) is 0.645. The highest BCUT2D eigenvalue weighted by Crippen LogP contribution is 1.94. The molecule has 0 bridgehead atoms. The second kappa shape index (κ2) is 7.00. The standard InChI is InChI=1S/C8H9N.C2H6/c1-2-5-8-6-3-4-7-9-8;1-2/h2-7H,1H3;1-2H3/b5-2+;. The molecule has 60 valence electrons. The van der Waals surface area contributed by atoms with E-state index in [9.17, 15) is 0 Å². The van der Waals surface area contributed by atoms with E-state index >= 15 is 0 Å². The monoisotopic (exact) mass is 149 g/mol. The van der Waals surface area contributed by atoms with Crippen LogP contribution in [0.4, 0.5) is 0 Å². The number of nitrogens with zero attached hydrogens (tertiary/aromatic N) is 1. The molecular formula is C10H15N. The van der Waals surface area contributed by atoms with Crippen LogP contribution < -0.4 is 0 Å². The quantitative estimate of drug-likeness (QED) is 0.597. The van der Waals surface area contributed by atoms with Crippen molar-refractivity contribution < 1.29 is 0 Å². The molecule has 0 atom stereocenters. The fraction of sp³-hybridized carbons (Fsp3) is 0.300. The van der Waals surface area contributed by atoms with Gasteiger partial charge in [0.25, 0.3) is 0 Å². The van der Waals surface area contributed by atoms with E-state index in [1.807, 2.05) is 51.1 Å². The Morgan fingerprint density at radius 1 is 1.27 bits per heavy atom. The van der Waals surface area contributed by atoms with Crippen LogP contribution in [0.5, 0.6) is 0 Å². The topological polar surface area (TPSA) is 12.9 Å². The van der Waals surface area contributed by atoms with Gasteiger partial charge in [-0.25, -0.2) is 0 Å². The zero-order valence-corrected chi connectivity index (χ0v) is 7.41. The minimum absolute atomic E-state index is 1.01. The van der Waals surface area contributed by atoms with Gasteiger partial charge in [0.15, 0.2) is 0 Å². The van der Waals surface area contributed by atoms with E-state index in [4.69, 9.17) is 0 Å². The van der Waals surface area contributed by atoms with Crippen molar-refractivity contribution in [3.63, 3.8) is 0 Å². The van der Waals surface area contributed by atoms with Gasteiger partial charge in [0.1, 0.15) is 0 Å². The Labute approximate surface area is 68.8 Å². The number of rotatable bonds is 1. The Morgan fingerprint density at radius 3 is 2.45 bits per heavy atom. The summed E-state index contributed by atoms with van der Waals surface area (Å²) < 4.78 is 0. The first-order valence-corrected chi connectivity index (χ1v) is 3.97. The highest BCUT2D eigenvalue weighted by molar-refractivity contribution is 5.42. The maximum absolute atomic E-state index is 4.08. The van der Waals surface area contributed by atoms with Crippen LogP contribution in [0, 0.1) is 0 Å². The molecule has 0 aliphatic heterocycles. The summed E-state index contributed by atoms with van der Waals surface area (Å²) in [6.07, 6.45) is 5.73. The maximum Gasteiger partial charge on any atom is 0.0626 e. The van der Waals surface area contributed by atoms with Crippen LogP contribution in [-0.2, 0) is 0 Å². The van der Waals surface area contributed by atoms with Gasteiger partial charge in [-0.05, 0) is 25.1 Å². The van der Waals surface area contributed by atoms with E-state index in [0.717, 1.165) is 5.69 Å². The van der Waals surface area contributed by atoms with Crippen molar-refractivity contribution in [2.45, 2.75) is 20.8 Å². The van der Waals surface area contributed by atoms with Crippen LogP contribution in [0.2, 0.25) is 0 Å². The highest BCUT2D eigenvalue weighted by atomic mass is 14.6. The number of allylic oxidation sites excluding steroid dienone is 1. The molecular weight excluding hydrogens is 134 g/mol. The summed E-state index contributed by atoms with van der Waals surface area (Å²) in [6.45, 7) is 5.98. The smallest absolute Gasteiger partial charge is 0.0626 e. The lowest BCUT2D eigenvalue weighted by atomic mass is 10.3. The van der Waals surface area contributed by atoms with Gasteiger partial charge in [0, 0.05) is 6.20 Å². The van der Waals surface area contributed by atoms with Crippen LogP contribution >= 0.6 is 0 Å². The average molecular weight is 149 g/mol. The molecule has 0 radical (unpaired) electrons. The molecule has 0 spiro atoms. The van der Waals surface area contributed by atoms with E-state index in [1.165, 1.54) is 0 Å². The third-order valence-electron chi connectivity index (χ3n) is 1.03. The van der Waals surface area contributed by atoms with Crippen molar-refractivity contribution in [2.75, 3.05) is 0 Å². The van der Waals surface area contributed by atoms with E-state index < -0.39 is 0 Å². The summed E-state index contributed by atoms with van der Waals surface area (Å²) in [6, 6.07) is 5.86.